The minimum atomic E-state index is -0.872. The van der Waals surface area contributed by atoms with Crippen molar-refractivity contribution in [1.29, 1.82) is 0 Å². The average Bonchev–Trinajstić information content (AvgIpc) is 2.99. The molecular formula is C16H16ClN3O4S. The number of thiophene rings is 1. The van der Waals surface area contributed by atoms with Crippen molar-refractivity contribution in [2.45, 2.75) is 19.8 Å². The van der Waals surface area contributed by atoms with E-state index in [1.54, 1.807) is 19.1 Å². The number of carbonyl (C=O) groups excluding carboxylic acids is 2. The van der Waals surface area contributed by atoms with Gasteiger partial charge >= 0.3 is 11.8 Å². The number of hydrogen-bond donors (Lipinski definition) is 2. The van der Waals surface area contributed by atoms with Crippen LogP contribution in [0.4, 0.5) is 11.4 Å². The Hall–Kier alpha value is -2.45. The fourth-order valence-corrected chi connectivity index (χ4v) is 3.25. The van der Waals surface area contributed by atoms with E-state index >= 15 is 0 Å². The first kappa shape index (κ1) is 18.9. The summed E-state index contributed by atoms with van der Waals surface area (Å²) in [6.45, 7) is 2.09. The summed E-state index contributed by atoms with van der Waals surface area (Å²) in [5.74, 6) is -1.67. The fraction of sp³-hybridized carbons (Fsp3) is 0.250. The van der Waals surface area contributed by atoms with E-state index in [-0.39, 0.29) is 17.9 Å². The summed E-state index contributed by atoms with van der Waals surface area (Å²) in [6, 6.07) is 7.96. The molecule has 0 spiro atoms. The maximum absolute atomic E-state index is 11.9. The molecule has 0 aliphatic heterocycles. The van der Waals surface area contributed by atoms with Crippen molar-refractivity contribution < 1.29 is 14.5 Å². The molecule has 1 aromatic carbocycles. The summed E-state index contributed by atoms with van der Waals surface area (Å²) in [6.07, 6.45) is 1.06. The van der Waals surface area contributed by atoms with E-state index in [0.717, 1.165) is 4.88 Å². The maximum atomic E-state index is 11.9. The van der Waals surface area contributed by atoms with Crippen LogP contribution in [-0.4, -0.2) is 23.3 Å². The molecule has 0 radical (unpaired) electrons. The molecule has 2 aromatic rings. The highest BCUT2D eigenvalue weighted by Crippen LogP contribution is 2.23. The molecule has 0 aliphatic carbocycles. The molecule has 0 saturated carbocycles. The van der Waals surface area contributed by atoms with Crippen LogP contribution in [0.5, 0.6) is 0 Å². The molecule has 0 fully saturated rings. The number of halogens is 1. The number of anilines is 1. The van der Waals surface area contributed by atoms with Crippen LogP contribution in [0.25, 0.3) is 0 Å². The normalized spacial score (nSPS) is 10.3. The Labute approximate surface area is 153 Å². The summed E-state index contributed by atoms with van der Waals surface area (Å²) >= 11 is 7.23. The molecule has 0 unspecified atom stereocenters. The van der Waals surface area contributed by atoms with Crippen molar-refractivity contribution in [2.24, 2.45) is 0 Å². The number of aryl methyl sites for hydroxylation is 1. The van der Waals surface area contributed by atoms with Gasteiger partial charge in [-0.1, -0.05) is 24.6 Å². The quantitative estimate of drug-likeness (QED) is 0.455. The third-order valence-electron chi connectivity index (χ3n) is 3.41. The number of carbonyl (C=O) groups is 2. The number of nitro benzene ring substituents is 1. The molecule has 9 heteroatoms. The van der Waals surface area contributed by atoms with Crippen molar-refractivity contribution in [1.82, 2.24) is 5.32 Å². The Morgan fingerprint density at radius 2 is 2.00 bits per heavy atom. The van der Waals surface area contributed by atoms with E-state index in [0.29, 0.717) is 22.7 Å². The highest BCUT2D eigenvalue weighted by molar-refractivity contribution is 7.16. The molecule has 2 amide bonds. The van der Waals surface area contributed by atoms with Crippen molar-refractivity contribution in [3.05, 3.63) is 55.2 Å². The first-order valence-corrected chi connectivity index (χ1v) is 8.71. The number of nitrogens with one attached hydrogen (secondary N) is 2. The predicted molar refractivity (Wildman–Crippen MR) is 97.1 cm³/mol. The lowest BCUT2D eigenvalue weighted by molar-refractivity contribution is -0.385. The van der Waals surface area contributed by atoms with Gasteiger partial charge in [0.2, 0.25) is 0 Å². The van der Waals surface area contributed by atoms with Gasteiger partial charge in [0.25, 0.3) is 5.69 Å². The Balaban J connectivity index is 1.91. The van der Waals surface area contributed by atoms with E-state index in [1.165, 1.54) is 23.5 Å². The number of hydrogen-bond acceptors (Lipinski definition) is 5. The number of amides is 2. The summed E-state index contributed by atoms with van der Waals surface area (Å²) in [5, 5.41) is 15.9. The van der Waals surface area contributed by atoms with Crippen LogP contribution in [0.1, 0.15) is 17.4 Å². The molecular weight excluding hydrogens is 366 g/mol. The molecule has 7 nitrogen and oxygen atoms in total. The number of benzene rings is 1. The molecule has 2 N–H and O–H groups in total. The standard InChI is InChI=1S/C16H16ClN3O4S/c1-2-10-3-4-11(9-13(10)20(23)24)19-16(22)15(21)18-8-7-12-5-6-14(17)25-12/h3-6,9H,2,7-8H2,1H3,(H,18,21)(H,19,22). The third kappa shape index (κ3) is 5.27. The van der Waals surface area contributed by atoms with Gasteiger partial charge in [-0.25, -0.2) is 0 Å². The van der Waals surface area contributed by atoms with Crippen LogP contribution in [0, 0.1) is 10.1 Å². The van der Waals surface area contributed by atoms with Gasteiger partial charge < -0.3 is 10.6 Å². The molecule has 132 valence electrons. The van der Waals surface area contributed by atoms with Crippen LogP contribution in [0.2, 0.25) is 4.34 Å². The third-order valence-corrected chi connectivity index (χ3v) is 4.70. The molecule has 1 heterocycles. The number of nitrogens with zero attached hydrogens (tertiary/aromatic N) is 1. The molecule has 0 atom stereocenters. The molecule has 1 aromatic heterocycles. The van der Waals surface area contributed by atoms with Crippen LogP contribution in [0.15, 0.2) is 30.3 Å². The highest BCUT2D eigenvalue weighted by Gasteiger charge is 2.17. The van der Waals surface area contributed by atoms with E-state index in [2.05, 4.69) is 10.6 Å². The Morgan fingerprint density at radius 3 is 2.60 bits per heavy atom. The Bertz CT molecular complexity index is 806. The van der Waals surface area contributed by atoms with Crippen molar-refractivity contribution in [3.8, 4) is 0 Å². The molecule has 25 heavy (non-hydrogen) atoms. The van der Waals surface area contributed by atoms with Crippen molar-refractivity contribution in [2.75, 3.05) is 11.9 Å². The second kappa shape index (κ2) is 8.59. The van der Waals surface area contributed by atoms with Crippen LogP contribution < -0.4 is 10.6 Å². The molecule has 0 bridgehead atoms. The van der Waals surface area contributed by atoms with Gasteiger partial charge in [0.15, 0.2) is 0 Å². The minimum absolute atomic E-state index is 0.0877. The van der Waals surface area contributed by atoms with Gasteiger partial charge in [0.1, 0.15) is 0 Å². The van der Waals surface area contributed by atoms with Gasteiger partial charge in [-0.05, 0) is 31.0 Å². The fourth-order valence-electron chi connectivity index (χ4n) is 2.16. The Morgan fingerprint density at radius 1 is 1.24 bits per heavy atom. The Kier molecular flexibility index (Phi) is 6.49. The van der Waals surface area contributed by atoms with Gasteiger partial charge in [-0.2, -0.15) is 0 Å². The zero-order chi connectivity index (χ0) is 18.4. The first-order chi connectivity index (χ1) is 11.9. The largest absolute Gasteiger partial charge is 0.347 e. The molecule has 0 saturated heterocycles. The van der Waals surface area contributed by atoms with Crippen molar-refractivity contribution >= 4 is 46.1 Å². The topological polar surface area (TPSA) is 101 Å². The number of nitro groups is 1. The second-order valence-electron chi connectivity index (χ2n) is 5.12. The highest BCUT2D eigenvalue weighted by atomic mass is 35.5. The van der Waals surface area contributed by atoms with Crippen LogP contribution >= 0.6 is 22.9 Å². The second-order valence-corrected chi connectivity index (χ2v) is 6.92. The van der Waals surface area contributed by atoms with Gasteiger partial charge in [0, 0.05) is 28.7 Å². The zero-order valence-electron chi connectivity index (χ0n) is 13.4. The lowest BCUT2D eigenvalue weighted by Crippen LogP contribution is -2.36. The lowest BCUT2D eigenvalue weighted by atomic mass is 10.1. The first-order valence-electron chi connectivity index (χ1n) is 7.51. The summed E-state index contributed by atoms with van der Waals surface area (Å²) < 4.78 is 0.663. The lowest BCUT2D eigenvalue weighted by Gasteiger charge is -2.07. The van der Waals surface area contributed by atoms with Gasteiger partial charge in [-0.15, -0.1) is 11.3 Å². The number of rotatable bonds is 6. The summed E-state index contributed by atoms with van der Waals surface area (Å²) in [5.41, 5.74) is 0.673. The van der Waals surface area contributed by atoms with E-state index in [1.807, 2.05) is 6.07 Å². The molecule has 0 aliphatic rings. The monoisotopic (exact) mass is 381 g/mol. The maximum Gasteiger partial charge on any atom is 0.313 e. The SMILES string of the molecule is CCc1ccc(NC(=O)C(=O)NCCc2ccc(Cl)s2)cc1[N+](=O)[O-]. The summed E-state index contributed by atoms with van der Waals surface area (Å²) in [4.78, 5) is 35.2. The molecule has 2 rings (SSSR count). The average molecular weight is 382 g/mol. The van der Waals surface area contributed by atoms with E-state index in [9.17, 15) is 19.7 Å². The van der Waals surface area contributed by atoms with E-state index in [4.69, 9.17) is 11.6 Å². The van der Waals surface area contributed by atoms with Crippen LogP contribution in [-0.2, 0) is 22.4 Å². The summed E-state index contributed by atoms with van der Waals surface area (Å²) in [7, 11) is 0. The van der Waals surface area contributed by atoms with Crippen LogP contribution in [0.3, 0.4) is 0 Å². The minimum Gasteiger partial charge on any atom is -0.347 e. The van der Waals surface area contributed by atoms with E-state index < -0.39 is 16.7 Å². The van der Waals surface area contributed by atoms with Gasteiger partial charge in [0.05, 0.1) is 9.26 Å². The smallest absolute Gasteiger partial charge is 0.313 e. The van der Waals surface area contributed by atoms with Gasteiger partial charge in [-0.3, -0.25) is 19.7 Å². The van der Waals surface area contributed by atoms with Crippen molar-refractivity contribution in [3.63, 3.8) is 0 Å². The zero-order valence-corrected chi connectivity index (χ0v) is 14.9. The predicted octanol–water partition coefficient (Wildman–Crippen LogP) is 3.17.